The van der Waals surface area contributed by atoms with Gasteiger partial charge in [0.25, 0.3) is 5.91 Å². The Balaban J connectivity index is 1.27. The minimum atomic E-state index is -0.222. The molecule has 198 valence electrons. The van der Waals surface area contributed by atoms with E-state index < -0.39 is 0 Å². The molecule has 1 saturated carbocycles. The summed E-state index contributed by atoms with van der Waals surface area (Å²) >= 11 is 1.85. The van der Waals surface area contributed by atoms with Gasteiger partial charge in [0.15, 0.2) is 5.16 Å². The van der Waals surface area contributed by atoms with Gasteiger partial charge >= 0.3 is 0 Å². The smallest absolute Gasteiger partial charge is 0.256 e. The maximum atomic E-state index is 13.0. The topological polar surface area (TPSA) is 114 Å². The molecule has 2 N–H and O–H groups in total. The van der Waals surface area contributed by atoms with Gasteiger partial charge in [-0.3, -0.25) is 4.79 Å². The normalized spacial score (nSPS) is 14.0. The van der Waals surface area contributed by atoms with Gasteiger partial charge in [0, 0.05) is 23.4 Å². The van der Waals surface area contributed by atoms with Crippen LogP contribution in [0, 0.1) is 5.92 Å². The molecule has 9 nitrogen and oxygen atoms in total. The fourth-order valence-electron chi connectivity index (χ4n) is 4.88. The van der Waals surface area contributed by atoms with Crippen molar-refractivity contribution in [3.63, 3.8) is 0 Å². The second-order valence-electron chi connectivity index (χ2n) is 9.84. The number of H-pyrrole nitrogens is 1. The Kier molecular flexibility index (Phi) is 8.80. The number of hydrogen-bond donors (Lipinski definition) is 2. The first-order chi connectivity index (χ1) is 18.7. The van der Waals surface area contributed by atoms with Gasteiger partial charge in [-0.05, 0) is 54.2 Å². The van der Waals surface area contributed by atoms with E-state index in [1.807, 2.05) is 42.1 Å². The standard InChI is InChI=1S/C28H34N8OS/c1-2-3-13-25-30-33-28(38-19-21-9-5-4-6-10-21)36(25)18-20-14-16-22(17-15-20)29-27(37)24-12-8-7-11-23(24)26-31-34-35-32-26/h7-8,11-12,14-17,21H,2-6,9-10,13,18-19H2,1H3,(H,29,37)(H,31,32,34,35). The number of aryl methyl sites for hydroxylation is 1. The molecule has 0 saturated heterocycles. The number of aromatic amines is 1. The van der Waals surface area contributed by atoms with E-state index in [0.29, 0.717) is 23.5 Å². The van der Waals surface area contributed by atoms with Crippen LogP contribution in [-0.4, -0.2) is 47.0 Å². The number of tetrazole rings is 1. The maximum Gasteiger partial charge on any atom is 0.256 e. The van der Waals surface area contributed by atoms with Crippen LogP contribution in [0.3, 0.4) is 0 Å². The minimum Gasteiger partial charge on any atom is -0.322 e. The van der Waals surface area contributed by atoms with Crippen LogP contribution in [0.2, 0.25) is 0 Å². The molecule has 2 aromatic carbocycles. The van der Waals surface area contributed by atoms with Gasteiger partial charge in [-0.25, -0.2) is 0 Å². The van der Waals surface area contributed by atoms with E-state index in [1.54, 1.807) is 6.07 Å². The highest BCUT2D eigenvalue weighted by molar-refractivity contribution is 7.99. The molecular weight excluding hydrogens is 496 g/mol. The molecule has 38 heavy (non-hydrogen) atoms. The van der Waals surface area contributed by atoms with E-state index in [4.69, 9.17) is 0 Å². The van der Waals surface area contributed by atoms with Crippen molar-refractivity contribution >= 4 is 23.4 Å². The Morgan fingerprint density at radius 1 is 1.05 bits per heavy atom. The Bertz CT molecular complexity index is 1310. The average Bonchev–Trinajstić information content (AvgIpc) is 3.63. The highest BCUT2D eigenvalue weighted by Gasteiger charge is 2.18. The van der Waals surface area contributed by atoms with E-state index in [1.165, 1.54) is 32.1 Å². The number of carbonyl (C=O) groups excluding carboxylic acids is 1. The first kappa shape index (κ1) is 26.1. The van der Waals surface area contributed by atoms with E-state index in [-0.39, 0.29) is 5.91 Å². The fraction of sp³-hybridized carbons (Fsp3) is 0.429. The van der Waals surface area contributed by atoms with Crippen LogP contribution in [-0.2, 0) is 13.0 Å². The Hall–Kier alpha value is -3.53. The van der Waals surface area contributed by atoms with Crippen molar-refractivity contribution in [3.05, 3.63) is 65.5 Å². The first-order valence-corrected chi connectivity index (χ1v) is 14.5. The molecular formula is C28H34N8OS. The summed E-state index contributed by atoms with van der Waals surface area (Å²) in [5.41, 5.74) is 2.99. The van der Waals surface area contributed by atoms with Gasteiger partial charge in [0.1, 0.15) is 5.82 Å². The molecule has 2 heterocycles. The third kappa shape index (κ3) is 6.48. The number of aromatic nitrogens is 7. The Morgan fingerprint density at radius 3 is 2.63 bits per heavy atom. The lowest BCUT2D eigenvalue weighted by Crippen LogP contribution is -2.13. The number of thioether (sulfide) groups is 1. The van der Waals surface area contributed by atoms with Crippen LogP contribution < -0.4 is 5.32 Å². The first-order valence-electron chi connectivity index (χ1n) is 13.5. The molecule has 1 amide bonds. The number of nitrogens with one attached hydrogen (secondary N) is 2. The molecule has 0 bridgehead atoms. The number of carbonyl (C=O) groups is 1. The molecule has 1 aliphatic carbocycles. The third-order valence-corrected chi connectivity index (χ3v) is 8.23. The maximum absolute atomic E-state index is 13.0. The summed E-state index contributed by atoms with van der Waals surface area (Å²) in [6.45, 7) is 2.92. The fourth-order valence-corrected chi connectivity index (χ4v) is 6.02. The lowest BCUT2D eigenvalue weighted by Gasteiger charge is -2.20. The second-order valence-corrected chi connectivity index (χ2v) is 10.8. The highest BCUT2D eigenvalue weighted by atomic mass is 32.2. The molecule has 1 fully saturated rings. The second kappa shape index (κ2) is 12.8. The lowest BCUT2D eigenvalue weighted by atomic mass is 9.91. The molecule has 4 aromatic rings. The van der Waals surface area contributed by atoms with Crippen LogP contribution >= 0.6 is 11.8 Å². The van der Waals surface area contributed by atoms with Gasteiger partial charge in [-0.15, -0.1) is 20.4 Å². The van der Waals surface area contributed by atoms with Crippen LogP contribution in [0.25, 0.3) is 11.4 Å². The zero-order valence-electron chi connectivity index (χ0n) is 21.8. The number of amides is 1. The molecule has 2 aromatic heterocycles. The Morgan fingerprint density at radius 2 is 1.87 bits per heavy atom. The van der Waals surface area contributed by atoms with Gasteiger partial charge in [-0.2, -0.15) is 5.21 Å². The van der Waals surface area contributed by atoms with Crippen molar-refractivity contribution in [2.45, 2.75) is 70.0 Å². The van der Waals surface area contributed by atoms with Crippen molar-refractivity contribution in [1.29, 1.82) is 0 Å². The highest BCUT2D eigenvalue weighted by Crippen LogP contribution is 2.30. The predicted molar refractivity (Wildman–Crippen MR) is 149 cm³/mol. The van der Waals surface area contributed by atoms with E-state index in [2.05, 4.69) is 59.8 Å². The number of unbranched alkanes of at least 4 members (excludes halogenated alkanes) is 1. The molecule has 0 aliphatic heterocycles. The van der Waals surface area contributed by atoms with Crippen molar-refractivity contribution in [1.82, 2.24) is 35.4 Å². The summed E-state index contributed by atoms with van der Waals surface area (Å²) in [5, 5.41) is 27.2. The molecule has 0 unspecified atom stereocenters. The zero-order chi connectivity index (χ0) is 26.2. The SMILES string of the molecule is CCCCc1nnc(SCC2CCCCC2)n1Cc1ccc(NC(=O)c2ccccc2-c2nn[nH]n2)cc1. The van der Waals surface area contributed by atoms with Gasteiger partial charge < -0.3 is 9.88 Å². The van der Waals surface area contributed by atoms with Crippen LogP contribution in [0.1, 0.15) is 73.6 Å². The molecule has 0 spiro atoms. The van der Waals surface area contributed by atoms with Crippen LogP contribution in [0.5, 0.6) is 0 Å². The van der Waals surface area contributed by atoms with E-state index in [9.17, 15) is 4.79 Å². The quantitative estimate of drug-likeness (QED) is 0.236. The van der Waals surface area contributed by atoms with Crippen molar-refractivity contribution < 1.29 is 4.79 Å². The van der Waals surface area contributed by atoms with Gasteiger partial charge in [-0.1, -0.05) is 74.7 Å². The summed E-state index contributed by atoms with van der Waals surface area (Å²) in [4.78, 5) is 13.0. The Labute approximate surface area is 227 Å². The molecule has 0 atom stereocenters. The summed E-state index contributed by atoms with van der Waals surface area (Å²) in [5.74, 6) is 3.11. The summed E-state index contributed by atoms with van der Waals surface area (Å²) < 4.78 is 2.28. The summed E-state index contributed by atoms with van der Waals surface area (Å²) in [7, 11) is 0. The summed E-state index contributed by atoms with van der Waals surface area (Å²) in [6, 6.07) is 15.2. The van der Waals surface area contributed by atoms with E-state index >= 15 is 0 Å². The molecule has 5 rings (SSSR count). The molecule has 1 aliphatic rings. The number of anilines is 1. The molecule has 0 radical (unpaired) electrons. The van der Waals surface area contributed by atoms with Crippen molar-refractivity contribution in [2.24, 2.45) is 5.92 Å². The van der Waals surface area contributed by atoms with Crippen LogP contribution in [0.4, 0.5) is 5.69 Å². The number of hydrogen-bond acceptors (Lipinski definition) is 7. The van der Waals surface area contributed by atoms with Crippen LogP contribution in [0.15, 0.2) is 53.7 Å². The largest absolute Gasteiger partial charge is 0.322 e. The zero-order valence-corrected chi connectivity index (χ0v) is 22.6. The van der Waals surface area contributed by atoms with E-state index in [0.717, 1.165) is 53.2 Å². The number of nitrogens with zero attached hydrogens (tertiary/aromatic N) is 6. The predicted octanol–water partition coefficient (Wildman–Crippen LogP) is 5.77. The van der Waals surface area contributed by atoms with Crippen molar-refractivity contribution in [3.8, 4) is 11.4 Å². The van der Waals surface area contributed by atoms with Crippen molar-refractivity contribution in [2.75, 3.05) is 11.1 Å². The monoisotopic (exact) mass is 530 g/mol. The van der Waals surface area contributed by atoms with Gasteiger partial charge in [0.05, 0.1) is 12.1 Å². The lowest BCUT2D eigenvalue weighted by molar-refractivity contribution is 0.102. The minimum absolute atomic E-state index is 0.222. The van der Waals surface area contributed by atoms with Gasteiger partial charge in [0.2, 0.25) is 5.82 Å². The average molecular weight is 531 g/mol. The number of rotatable bonds is 11. The summed E-state index contributed by atoms with van der Waals surface area (Å²) in [6.07, 6.45) is 9.90. The third-order valence-electron chi connectivity index (χ3n) is 7.03. The number of benzene rings is 2. The molecule has 10 heteroatoms.